The van der Waals surface area contributed by atoms with Gasteiger partial charge >= 0.3 is 6.18 Å². The minimum Gasteiger partial charge on any atom is -0.492 e. The van der Waals surface area contributed by atoms with E-state index in [2.05, 4.69) is 15.2 Å². The van der Waals surface area contributed by atoms with Gasteiger partial charge in [0.25, 0.3) is 0 Å². The minimum atomic E-state index is -4.16. The van der Waals surface area contributed by atoms with Crippen LogP contribution in [-0.2, 0) is 0 Å². The fraction of sp³-hybridized carbons (Fsp3) is 0.588. The number of piperazine rings is 1. The van der Waals surface area contributed by atoms with Crippen molar-refractivity contribution in [3.63, 3.8) is 0 Å². The van der Waals surface area contributed by atoms with Gasteiger partial charge in [-0.1, -0.05) is 11.6 Å². The maximum absolute atomic E-state index is 12.2. The van der Waals surface area contributed by atoms with Gasteiger partial charge in [-0.25, -0.2) is 0 Å². The van der Waals surface area contributed by atoms with Crippen LogP contribution in [0.5, 0.6) is 5.75 Å². The van der Waals surface area contributed by atoms with Gasteiger partial charge in [-0.15, -0.1) is 24.0 Å². The van der Waals surface area contributed by atoms with E-state index >= 15 is 0 Å². The van der Waals surface area contributed by atoms with Crippen LogP contribution in [0, 0.1) is 0 Å². The molecule has 10 heteroatoms. The molecule has 1 heterocycles. The van der Waals surface area contributed by atoms with E-state index in [0.717, 1.165) is 25.4 Å². The van der Waals surface area contributed by atoms with E-state index in [-0.39, 0.29) is 30.5 Å². The summed E-state index contributed by atoms with van der Waals surface area (Å²) in [7, 11) is 1.59. The summed E-state index contributed by atoms with van der Waals surface area (Å²) in [5, 5.41) is 3.45. The molecule has 0 atom stereocenters. The Hall–Kier alpha value is -0.940. The molecule has 0 bridgehead atoms. The largest absolute Gasteiger partial charge is 0.492 e. The number of hydrogen-bond acceptors (Lipinski definition) is 3. The van der Waals surface area contributed by atoms with Crippen molar-refractivity contribution in [2.24, 2.45) is 4.99 Å². The molecule has 0 spiro atoms. The lowest BCUT2D eigenvalue weighted by molar-refractivity contribution is -0.132. The molecule has 0 aliphatic carbocycles. The van der Waals surface area contributed by atoms with Crippen molar-refractivity contribution in [2.75, 3.05) is 52.9 Å². The Labute approximate surface area is 179 Å². The second-order valence-corrected chi connectivity index (χ2v) is 6.41. The highest BCUT2D eigenvalue weighted by atomic mass is 127. The summed E-state index contributed by atoms with van der Waals surface area (Å²) >= 11 is 5.83. The van der Waals surface area contributed by atoms with E-state index in [4.69, 9.17) is 16.3 Å². The summed E-state index contributed by atoms with van der Waals surface area (Å²) in [6.07, 6.45) is -5.03. The molecule has 0 aromatic heterocycles. The lowest BCUT2D eigenvalue weighted by Crippen LogP contribution is -2.53. The van der Waals surface area contributed by atoms with Gasteiger partial charge in [0, 0.05) is 51.3 Å². The fourth-order valence-corrected chi connectivity index (χ4v) is 2.78. The number of alkyl halides is 3. The highest BCUT2D eigenvalue weighted by molar-refractivity contribution is 14.0. The first-order valence-electron chi connectivity index (χ1n) is 8.50. The molecule has 0 saturated carbocycles. The molecule has 1 fully saturated rings. The lowest BCUT2D eigenvalue weighted by Gasteiger charge is -2.36. The van der Waals surface area contributed by atoms with Gasteiger partial charge in [0.2, 0.25) is 0 Å². The zero-order valence-corrected chi connectivity index (χ0v) is 18.2. The highest BCUT2D eigenvalue weighted by Crippen LogP contribution is 2.18. The number of halogens is 5. The second kappa shape index (κ2) is 11.8. The third kappa shape index (κ3) is 9.20. The Morgan fingerprint density at radius 3 is 2.37 bits per heavy atom. The van der Waals surface area contributed by atoms with E-state index in [1.807, 2.05) is 17.0 Å². The fourth-order valence-electron chi connectivity index (χ4n) is 2.66. The number of aliphatic imine (C=N–C) groups is 1. The van der Waals surface area contributed by atoms with Gasteiger partial charge in [-0.3, -0.25) is 9.89 Å². The Morgan fingerprint density at radius 1 is 1.19 bits per heavy atom. The van der Waals surface area contributed by atoms with Gasteiger partial charge in [-0.2, -0.15) is 13.2 Å². The predicted octanol–water partition coefficient (Wildman–Crippen LogP) is 3.48. The monoisotopic (exact) mass is 520 g/mol. The van der Waals surface area contributed by atoms with Gasteiger partial charge < -0.3 is 15.0 Å². The average Bonchev–Trinajstić information content (AvgIpc) is 2.60. The molecule has 1 aromatic rings. The summed E-state index contributed by atoms with van der Waals surface area (Å²) in [6.45, 7) is 4.25. The normalized spacial score (nSPS) is 16.0. The van der Waals surface area contributed by atoms with Crippen molar-refractivity contribution >= 4 is 41.5 Å². The molecule has 1 N–H and O–H groups in total. The topological polar surface area (TPSA) is 40.1 Å². The molecule has 5 nitrogen and oxygen atoms in total. The van der Waals surface area contributed by atoms with Crippen LogP contribution in [0.15, 0.2) is 29.3 Å². The van der Waals surface area contributed by atoms with Crippen LogP contribution < -0.4 is 10.1 Å². The van der Waals surface area contributed by atoms with Gasteiger partial charge in [0.05, 0.1) is 6.42 Å². The molecule has 1 aromatic carbocycles. The summed E-state index contributed by atoms with van der Waals surface area (Å²) in [6, 6.07) is 7.23. The van der Waals surface area contributed by atoms with Crippen molar-refractivity contribution in [3.8, 4) is 5.75 Å². The van der Waals surface area contributed by atoms with Crippen LogP contribution in [0.1, 0.15) is 6.42 Å². The van der Waals surface area contributed by atoms with Crippen LogP contribution in [0.25, 0.3) is 0 Å². The first kappa shape index (κ1) is 24.1. The molecular formula is C17H25ClF3IN4O. The third-order valence-electron chi connectivity index (χ3n) is 4.07. The third-order valence-corrected chi connectivity index (χ3v) is 4.32. The Bertz CT molecular complexity index is 579. The molecule has 27 heavy (non-hydrogen) atoms. The number of guanidine groups is 1. The molecule has 0 amide bonds. The first-order chi connectivity index (χ1) is 12.4. The summed E-state index contributed by atoms with van der Waals surface area (Å²) in [5.74, 6) is 1.30. The van der Waals surface area contributed by atoms with Gasteiger partial charge in [-0.05, 0) is 24.3 Å². The SMILES string of the molecule is CN=C(NCCC(F)(F)F)N1CCN(CCOc2ccc(Cl)cc2)CC1.I. The summed E-state index contributed by atoms with van der Waals surface area (Å²) in [4.78, 5) is 8.31. The Morgan fingerprint density at radius 2 is 1.81 bits per heavy atom. The number of nitrogens with zero attached hydrogens (tertiary/aromatic N) is 3. The molecule has 1 aliphatic heterocycles. The zero-order valence-electron chi connectivity index (χ0n) is 15.1. The number of benzene rings is 1. The summed E-state index contributed by atoms with van der Waals surface area (Å²) in [5.41, 5.74) is 0. The molecule has 0 radical (unpaired) electrons. The number of rotatable bonds is 6. The predicted molar refractivity (Wildman–Crippen MR) is 112 cm³/mol. The quantitative estimate of drug-likeness (QED) is 0.354. The average molecular weight is 521 g/mol. The first-order valence-corrected chi connectivity index (χ1v) is 8.88. The highest BCUT2D eigenvalue weighted by Gasteiger charge is 2.27. The van der Waals surface area contributed by atoms with Gasteiger partial charge in [0.15, 0.2) is 5.96 Å². The lowest BCUT2D eigenvalue weighted by atomic mass is 10.3. The van der Waals surface area contributed by atoms with E-state index in [0.29, 0.717) is 30.7 Å². The molecule has 1 saturated heterocycles. The van der Waals surface area contributed by atoms with Crippen LogP contribution in [0.4, 0.5) is 13.2 Å². The minimum absolute atomic E-state index is 0. The van der Waals surface area contributed by atoms with Crippen molar-refractivity contribution < 1.29 is 17.9 Å². The molecule has 1 aliphatic rings. The van der Waals surface area contributed by atoms with Crippen LogP contribution in [0.3, 0.4) is 0 Å². The van der Waals surface area contributed by atoms with E-state index in [1.54, 1.807) is 19.2 Å². The molecule has 154 valence electrons. The van der Waals surface area contributed by atoms with Crippen molar-refractivity contribution in [1.82, 2.24) is 15.1 Å². The maximum atomic E-state index is 12.2. The van der Waals surface area contributed by atoms with E-state index < -0.39 is 12.6 Å². The molecular weight excluding hydrogens is 496 g/mol. The summed E-state index contributed by atoms with van der Waals surface area (Å²) < 4.78 is 42.4. The number of ether oxygens (including phenoxy) is 1. The van der Waals surface area contributed by atoms with Crippen molar-refractivity contribution in [1.29, 1.82) is 0 Å². The Balaban J connectivity index is 0.00000364. The zero-order chi connectivity index (χ0) is 19.0. The van der Waals surface area contributed by atoms with E-state index in [9.17, 15) is 13.2 Å². The standard InChI is InChI=1S/C17H24ClF3N4O.HI/c1-22-16(23-7-6-17(19,20)21)25-10-8-24(9-11-25)12-13-26-15-4-2-14(18)3-5-15;/h2-5H,6-13H2,1H3,(H,22,23);1H. The smallest absolute Gasteiger partial charge is 0.390 e. The van der Waals surface area contributed by atoms with Crippen LogP contribution in [-0.4, -0.2) is 74.9 Å². The van der Waals surface area contributed by atoms with Crippen molar-refractivity contribution in [2.45, 2.75) is 12.6 Å². The second-order valence-electron chi connectivity index (χ2n) is 5.97. The van der Waals surface area contributed by atoms with Crippen LogP contribution in [0.2, 0.25) is 5.02 Å². The van der Waals surface area contributed by atoms with Crippen LogP contribution >= 0.6 is 35.6 Å². The number of hydrogen-bond donors (Lipinski definition) is 1. The maximum Gasteiger partial charge on any atom is 0.390 e. The van der Waals surface area contributed by atoms with Gasteiger partial charge in [0.1, 0.15) is 12.4 Å². The van der Waals surface area contributed by atoms with Crippen molar-refractivity contribution in [3.05, 3.63) is 29.3 Å². The number of nitrogens with one attached hydrogen (secondary N) is 1. The van der Waals surface area contributed by atoms with E-state index in [1.165, 1.54) is 0 Å². The Kier molecular flexibility index (Phi) is 10.5. The molecule has 0 unspecified atom stereocenters. The molecule has 2 rings (SSSR count).